The minimum atomic E-state index is 0.0362. The first-order valence-corrected chi connectivity index (χ1v) is 6.71. The van der Waals surface area contributed by atoms with Crippen molar-refractivity contribution in [1.29, 1.82) is 0 Å². The van der Waals surface area contributed by atoms with E-state index in [-0.39, 0.29) is 11.9 Å². The maximum atomic E-state index is 12.6. The summed E-state index contributed by atoms with van der Waals surface area (Å²) in [4.78, 5) is 14.5. The standard InChI is InChI=1S/C16H14ClNO/c1-11-10-13-4-2-3-5-15(13)18(11)16(19)12-6-8-14(17)9-7-12/h2-9,11H,10H2,1H3/t11-/m0/s1. The molecule has 1 amide bonds. The number of fused-ring (bicyclic) bond motifs is 1. The average molecular weight is 272 g/mol. The van der Waals surface area contributed by atoms with Crippen molar-refractivity contribution in [3.8, 4) is 0 Å². The number of benzene rings is 2. The number of rotatable bonds is 1. The monoisotopic (exact) mass is 271 g/mol. The summed E-state index contributed by atoms with van der Waals surface area (Å²) >= 11 is 5.86. The first-order valence-electron chi connectivity index (χ1n) is 6.34. The lowest BCUT2D eigenvalue weighted by atomic mass is 10.1. The molecule has 2 nitrogen and oxygen atoms in total. The molecular weight excluding hydrogens is 258 g/mol. The van der Waals surface area contributed by atoms with Gasteiger partial charge in [0.15, 0.2) is 0 Å². The summed E-state index contributed by atoms with van der Waals surface area (Å²) in [5, 5.41) is 0.645. The van der Waals surface area contributed by atoms with Gasteiger partial charge in [0, 0.05) is 22.3 Å². The third-order valence-electron chi connectivity index (χ3n) is 3.52. The van der Waals surface area contributed by atoms with Crippen LogP contribution in [0.1, 0.15) is 22.8 Å². The van der Waals surface area contributed by atoms with Crippen molar-refractivity contribution in [2.75, 3.05) is 4.90 Å². The number of anilines is 1. The molecule has 3 heteroatoms. The quantitative estimate of drug-likeness (QED) is 0.769. The van der Waals surface area contributed by atoms with Crippen molar-refractivity contribution in [1.82, 2.24) is 0 Å². The molecule has 1 aliphatic heterocycles. The Kier molecular flexibility index (Phi) is 3.03. The van der Waals surface area contributed by atoms with Gasteiger partial charge >= 0.3 is 0 Å². The molecular formula is C16H14ClNO. The number of nitrogens with zero attached hydrogens (tertiary/aromatic N) is 1. The number of para-hydroxylation sites is 1. The van der Waals surface area contributed by atoms with E-state index in [1.165, 1.54) is 5.56 Å². The third kappa shape index (κ3) is 2.13. The first kappa shape index (κ1) is 12.2. The Hall–Kier alpha value is -1.80. The molecule has 2 aromatic rings. The maximum absolute atomic E-state index is 12.6. The number of hydrogen-bond acceptors (Lipinski definition) is 1. The van der Waals surface area contributed by atoms with E-state index in [4.69, 9.17) is 11.6 Å². The molecule has 96 valence electrons. The van der Waals surface area contributed by atoms with Crippen molar-refractivity contribution >= 4 is 23.2 Å². The fraction of sp³-hybridized carbons (Fsp3) is 0.188. The Labute approximate surface area is 117 Å². The van der Waals surface area contributed by atoms with Crippen LogP contribution in [0.15, 0.2) is 48.5 Å². The molecule has 1 heterocycles. The fourth-order valence-electron chi connectivity index (χ4n) is 2.61. The second-order valence-electron chi connectivity index (χ2n) is 4.86. The minimum Gasteiger partial charge on any atom is -0.305 e. The lowest BCUT2D eigenvalue weighted by molar-refractivity contribution is 0.0981. The molecule has 0 fully saturated rings. The molecule has 1 atom stereocenters. The van der Waals surface area contributed by atoms with E-state index in [9.17, 15) is 4.79 Å². The van der Waals surface area contributed by atoms with E-state index in [0.29, 0.717) is 10.6 Å². The number of carbonyl (C=O) groups excluding carboxylic acids is 1. The van der Waals surface area contributed by atoms with Gasteiger partial charge in [-0.2, -0.15) is 0 Å². The molecule has 0 unspecified atom stereocenters. The predicted molar refractivity (Wildman–Crippen MR) is 77.9 cm³/mol. The van der Waals surface area contributed by atoms with Crippen LogP contribution in [-0.4, -0.2) is 11.9 Å². The van der Waals surface area contributed by atoms with E-state index >= 15 is 0 Å². The Morgan fingerprint density at radius 3 is 2.58 bits per heavy atom. The molecule has 0 aliphatic carbocycles. The van der Waals surface area contributed by atoms with Crippen molar-refractivity contribution in [3.05, 3.63) is 64.7 Å². The largest absolute Gasteiger partial charge is 0.305 e. The smallest absolute Gasteiger partial charge is 0.258 e. The molecule has 0 spiro atoms. The highest BCUT2D eigenvalue weighted by molar-refractivity contribution is 6.30. The van der Waals surface area contributed by atoms with Crippen LogP contribution < -0.4 is 4.90 Å². The van der Waals surface area contributed by atoms with Gasteiger partial charge < -0.3 is 4.90 Å². The molecule has 0 radical (unpaired) electrons. The SMILES string of the molecule is C[C@H]1Cc2ccccc2N1C(=O)c1ccc(Cl)cc1. The molecule has 19 heavy (non-hydrogen) atoms. The van der Waals surface area contributed by atoms with Gasteiger partial charge in [0.05, 0.1) is 0 Å². The molecule has 0 N–H and O–H groups in total. The second-order valence-corrected chi connectivity index (χ2v) is 5.30. The Morgan fingerprint density at radius 1 is 1.16 bits per heavy atom. The van der Waals surface area contributed by atoms with Crippen LogP contribution in [0.5, 0.6) is 0 Å². The number of hydrogen-bond donors (Lipinski definition) is 0. The van der Waals surface area contributed by atoms with E-state index in [2.05, 4.69) is 13.0 Å². The van der Waals surface area contributed by atoms with Crippen molar-refractivity contribution in [2.45, 2.75) is 19.4 Å². The number of amides is 1. The highest BCUT2D eigenvalue weighted by Crippen LogP contribution is 2.33. The van der Waals surface area contributed by atoms with Crippen LogP contribution in [0.3, 0.4) is 0 Å². The van der Waals surface area contributed by atoms with Crippen LogP contribution in [0.2, 0.25) is 5.02 Å². The predicted octanol–water partition coefficient (Wildman–Crippen LogP) is 3.93. The zero-order valence-corrected chi connectivity index (χ0v) is 11.4. The van der Waals surface area contributed by atoms with Gasteiger partial charge in [-0.1, -0.05) is 29.8 Å². The summed E-state index contributed by atoms with van der Waals surface area (Å²) in [6.07, 6.45) is 0.912. The fourth-order valence-corrected chi connectivity index (χ4v) is 2.73. The van der Waals surface area contributed by atoms with Gasteiger partial charge in [-0.25, -0.2) is 0 Å². The van der Waals surface area contributed by atoms with Gasteiger partial charge in [0.2, 0.25) is 0 Å². The minimum absolute atomic E-state index is 0.0362. The molecule has 1 aliphatic rings. The van der Waals surface area contributed by atoms with Gasteiger partial charge in [-0.15, -0.1) is 0 Å². The summed E-state index contributed by atoms with van der Waals surface area (Å²) < 4.78 is 0. The Bertz CT molecular complexity index is 621. The molecule has 3 rings (SSSR count). The number of halogens is 1. The molecule has 0 saturated carbocycles. The molecule has 0 aromatic heterocycles. The summed E-state index contributed by atoms with van der Waals surface area (Å²) in [6, 6.07) is 15.3. The van der Waals surface area contributed by atoms with Gasteiger partial charge in [0.25, 0.3) is 5.91 Å². The highest BCUT2D eigenvalue weighted by atomic mass is 35.5. The second kappa shape index (κ2) is 4.71. The van der Waals surface area contributed by atoms with E-state index in [1.807, 2.05) is 23.1 Å². The molecule has 2 aromatic carbocycles. The normalized spacial score (nSPS) is 17.4. The van der Waals surface area contributed by atoms with Crippen LogP contribution in [-0.2, 0) is 6.42 Å². The Morgan fingerprint density at radius 2 is 1.84 bits per heavy atom. The van der Waals surface area contributed by atoms with Crippen LogP contribution >= 0.6 is 11.6 Å². The zero-order chi connectivity index (χ0) is 13.4. The average Bonchev–Trinajstić information content (AvgIpc) is 2.74. The first-order chi connectivity index (χ1) is 9.16. The molecule has 0 bridgehead atoms. The van der Waals surface area contributed by atoms with Crippen molar-refractivity contribution < 1.29 is 4.79 Å². The van der Waals surface area contributed by atoms with Crippen LogP contribution in [0.4, 0.5) is 5.69 Å². The van der Waals surface area contributed by atoms with Crippen LogP contribution in [0.25, 0.3) is 0 Å². The summed E-state index contributed by atoms with van der Waals surface area (Å²) in [5.41, 5.74) is 2.93. The van der Waals surface area contributed by atoms with Crippen LogP contribution in [0, 0.1) is 0 Å². The van der Waals surface area contributed by atoms with Gasteiger partial charge in [0.1, 0.15) is 0 Å². The van der Waals surface area contributed by atoms with E-state index < -0.39 is 0 Å². The summed E-state index contributed by atoms with van der Waals surface area (Å²) in [7, 11) is 0. The van der Waals surface area contributed by atoms with Gasteiger partial charge in [-0.3, -0.25) is 4.79 Å². The lowest BCUT2D eigenvalue weighted by Gasteiger charge is -2.22. The molecule has 0 saturated heterocycles. The highest BCUT2D eigenvalue weighted by Gasteiger charge is 2.30. The maximum Gasteiger partial charge on any atom is 0.258 e. The van der Waals surface area contributed by atoms with Crippen molar-refractivity contribution in [2.24, 2.45) is 0 Å². The van der Waals surface area contributed by atoms with E-state index in [0.717, 1.165) is 12.1 Å². The Balaban J connectivity index is 1.98. The lowest BCUT2D eigenvalue weighted by Crippen LogP contribution is -2.35. The van der Waals surface area contributed by atoms with Gasteiger partial charge in [-0.05, 0) is 49.2 Å². The third-order valence-corrected chi connectivity index (χ3v) is 3.77. The number of carbonyl (C=O) groups is 1. The zero-order valence-electron chi connectivity index (χ0n) is 10.6. The van der Waals surface area contributed by atoms with E-state index in [1.54, 1.807) is 24.3 Å². The topological polar surface area (TPSA) is 20.3 Å². The summed E-state index contributed by atoms with van der Waals surface area (Å²) in [6.45, 7) is 2.08. The summed E-state index contributed by atoms with van der Waals surface area (Å²) in [5.74, 6) is 0.0362. The van der Waals surface area contributed by atoms with Crippen molar-refractivity contribution in [3.63, 3.8) is 0 Å².